The molecule has 0 aromatic carbocycles. The molecule has 4 heteroatoms. The quantitative estimate of drug-likeness (QED) is 0.582. The summed E-state index contributed by atoms with van der Waals surface area (Å²) in [5.74, 6) is -0.479. The van der Waals surface area contributed by atoms with Crippen LogP contribution in [-0.2, 0) is 18.9 Å². The monoisotopic (exact) mass is 186 g/mol. The Labute approximate surface area is 77.1 Å². The van der Waals surface area contributed by atoms with Crippen molar-refractivity contribution >= 4 is 0 Å². The third-order valence-corrected chi connectivity index (χ3v) is 2.61. The maximum atomic E-state index is 5.76. The van der Waals surface area contributed by atoms with E-state index >= 15 is 0 Å². The Balaban J connectivity index is 1.75. The lowest BCUT2D eigenvalue weighted by molar-refractivity contribution is -0.149. The maximum Gasteiger partial charge on any atom is 0.164 e. The Morgan fingerprint density at radius 2 is 1.31 bits per heavy atom. The highest BCUT2D eigenvalue weighted by molar-refractivity contribution is 4.98. The second kappa shape index (κ2) is 2.45. The normalized spacial score (nSPS) is 52.2. The fraction of sp³-hybridized carbons (Fsp3) is 1.00. The van der Waals surface area contributed by atoms with E-state index in [0.717, 1.165) is 13.2 Å². The molecule has 0 unspecified atom stereocenters. The zero-order chi connectivity index (χ0) is 9.05. The van der Waals surface area contributed by atoms with Crippen LogP contribution in [0.5, 0.6) is 0 Å². The van der Waals surface area contributed by atoms with Crippen molar-refractivity contribution in [2.24, 2.45) is 0 Å². The predicted octanol–water partition coefficient (Wildman–Crippen LogP) is 0.304. The average molecular weight is 186 g/mol. The zero-order valence-electron chi connectivity index (χ0n) is 7.86. The van der Waals surface area contributed by atoms with E-state index in [-0.39, 0.29) is 24.4 Å². The van der Waals surface area contributed by atoms with Gasteiger partial charge in [0.15, 0.2) is 5.79 Å². The molecule has 0 aliphatic carbocycles. The van der Waals surface area contributed by atoms with Crippen molar-refractivity contribution in [1.29, 1.82) is 0 Å². The summed E-state index contributed by atoms with van der Waals surface area (Å²) in [5, 5.41) is 0. The number of epoxide rings is 2. The van der Waals surface area contributed by atoms with Gasteiger partial charge in [0, 0.05) is 0 Å². The van der Waals surface area contributed by atoms with Crippen LogP contribution >= 0.6 is 0 Å². The van der Waals surface area contributed by atoms with Crippen LogP contribution in [0, 0.1) is 0 Å². The first kappa shape index (κ1) is 8.17. The van der Waals surface area contributed by atoms with Gasteiger partial charge in [-0.2, -0.15) is 0 Å². The Bertz CT molecular complexity index is 198. The van der Waals surface area contributed by atoms with Gasteiger partial charge in [-0.3, -0.25) is 0 Å². The lowest BCUT2D eigenvalue weighted by Crippen LogP contribution is -2.32. The first-order valence-corrected chi connectivity index (χ1v) is 4.74. The van der Waals surface area contributed by atoms with E-state index in [1.54, 1.807) is 0 Å². The SMILES string of the molecule is CC1(C)O[C@H]([C@H]2CO2)[C@@H]([C@H]2CO2)O1. The third-order valence-electron chi connectivity index (χ3n) is 2.61. The van der Waals surface area contributed by atoms with Crippen molar-refractivity contribution in [1.82, 2.24) is 0 Å². The minimum atomic E-state index is -0.479. The van der Waals surface area contributed by atoms with E-state index in [2.05, 4.69) is 0 Å². The van der Waals surface area contributed by atoms with Crippen molar-refractivity contribution in [3.8, 4) is 0 Å². The van der Waals surface area contributed by atoms with Gasteiger partial charge in [0.1, 0.15) is 24.4 Å². The van der Waals surface area contributed by atoms with Crippen LogP contribution in [0.1, 0.15) is 13.8 Å². The van der Waals surface area contributed by atoms with E-state index in [1.165, 1.54) is 0 Å². The van der Waals surface area contributed by atoms with Crippen molar-refractivity contribution in [2.75, 3.05) is 13.2 Å². The van der Waals surface area contributed by atoms with E-state index in [0.29, 0.717) is 0 Å². The Kier molecular flexibility index (Phi) is 1.54. The first-order chi connectivity index (χ1) is 6.16. The van der Waals surface area contributed by atoms with Crippen LogP contribution in [0.15, 0.2) is 0 Å². The minimum absolute atomic E-state index is 0.0718. The standard InChI is InChI=1S/C9H14O4/c1-9(2)12-7(5-3-10-5)8(13-9)6-4-11-6/h5-8H,3-4H2,1-2H3/t5-,6-,7-,8-/m1/s1. The topological polar surface area (TPSA) is 43.5 Å². The number of hydrogen-bond acceptors (Lipinski definition) is 4. The van der Waals surface area contributed by atoms with Gasteiger partial charge >= 0.3 is 0 Å². The van der Waals surface area contributed by atoms with Crippen LogP contribution in [0.4, 0.5) is 0 Å². The van der Waals surface area contributed by atoms with Crippen molar-refractivity contribution < 1.29 is 18.9 Å². The summed E-state index contributed by atoms with van der Waals surface area (Å²) >= 11 is 0. The molecule has 13 heavy (non-hydrogen) atoms. The van der Waals surface area contributed by atoms with Gasteiger partial charge in [-0.05, 0) is 13.8 Å². The second-order valence-corrected chi connectivity index (χ2v) is 4.31. The molecule has 0 N–H and O–H groups in total. The highest BCUT2D eigenvalue weighted by Gasteiger charge is 2.55. The largest absolute Gasteiger partial charge is 0.370 e. The molecule has 0 amide bonds. The Morgan fingerprint density at radius 1 is 0.923 bits per heavy atom. The molecular formula is C9H14O4. The first-order valence-electron chi connectivity index (χ1n) is 4.74. The molecule has 0 saturated carbocycles. The molecule has 3 fully saturated rings. The van der Waals surface area contributed by atoms with E-state index < -0.39 is 5.79 Å². The zero-order valence-corrected chi connectivity index (χ0v) is 7.86. The lowest BCUT2D eigenvalue weighted by atomic mass is 10.1. The second-order valence-electron chi connectivity index (χ2n) is 4.31. The Hall–Kier alpha value is -0.160. The molecule has 0 bridgehead atoms. The summed E-state index contributed by atoms with van der Waals surface area (Å²) in [6.07, 6.45) is 0.608. The molecule has 0 spiro atoms. The Morgan fingerprint density at radius 3 is 1.62 bits per heavy atom. The summed E-state index contributed by atoms with van der Waals surface area (Å²) in [6.45, 7) is 5.47. The molecule has 0 aromatic rings. The smallest absolute Gasteiger partial charge is 0.164 e. The van der Waals surface area contributed by atoms with Gasteiger partial charge in [-0.1, -0.05) is 0 Å². The highest BCUT2D eigenvalue weighted by Crippen LogP contribution is 2.39. The summed E-state index contributed by atoms with van der Waals surface area (Å²) in [4.78, 5) is 0. The molecule has 4 atom stereocenters. The molecule has 3 aliphatic heterocycles. The average Bonchev–Trinajstić information content (AvgIpc) is 2.90. The third kappa shape index (κ3) is 1.48. The van der Waals surface area contributed by atoms with Gasteiger partial charge in [0.05, 0.1) is 13.2 Å². The van der Waals surface area contributed by atoms with Gasteiger partial charge in [0.2, 0.25) is 0 Å². The number of ether oxygens (including phenoxy) is 4. The molecule has 74 valence electrons. The molecule has 0 aromatic heterocycles. The molecule has 3 heterocycles. The summed E-state index contributed by atoms with van der Waals surface area (Å²) < 4.78 is 22.0. The fourth-order valence-corrected chi connectivity index (χ4v) is 1.88. The fourth-order valence-electron chi connectivity index (χ4n) is 1.88. The summed E-state index contributed by atoms with van der Waals surface area (Å²) in [5.41, 5.74) is 0. The van der Waals surface area contributed by atoms with Crippen molar-refractivity contribution in [3.63, 3.8) is 0 Å². The van der Waals surface area contributed by atoms with Gasteiger partial charge in [-0.25, -0.2) is 0 Å². The van der Waals surface area contributed by atoms with Crippen LogP contribution < -0.4 is 0 Å². The van der Waals surface area contributed by atoms with E-state index in [1.807, 2.05) is 13.8 Å². The molecular weight excluding hydrogens is 172 g/mol. The minimum Gasteiger partial charge on any atom is -0.370 e. The summed E-state index contributed by atoms with van der Waals surface area (Å²) in [6, 6.07) is 0. The van der Waals surface area contributed by atoms with E-state index in [9.17, 15) is 0 Å². The van der Waals surface area contributed by atoms with Crippen molar-refractivity contribution in [2.45, 2.75) is 44.1 Å². The number of rotatable bonds is 2. The molecule has 3 aliphatic rings. The molecule has 3 rings (SSSR count). The number of hydrogen-bond donors (Lipinski definition) is 0. The van der Waals surface area contributed by atoms with Crippen molar-refractivity contribution in [3.05, 3.63) is 0 Å². The van der Waals surface area contributed by atoms with Crippen LogP contribution in [0.25, 0.3) is 0 Å². The predicted molar refractivity (Wildman–Crippen MR) is 43.3 cm³/mol. The highest BCUT2D eigenvalue weighted by atomic mass is 16.8. The van der Waals surface area contributed by atoms with E-state index in [4.69, 9.17) is 18.9 Å². The van der Waals surface area contributed by atoms with Crippen LogP contribution in [0.2, 0.25) is 0 Å². The summed E-state index contributed by atoms with van der Waals surface area (Å²) in [7, 11) is 0. The van der Waals surface area contributed by atoms with Gasteiger partial charge in [0.25, 0.3) is 0 Å². The lowest BCUT2D eigenvalue weighted by Gasteiger charge is -2.16. The maximum absolute atomic E-state index is 5.76. The molecule has 0 radical (unpaired) electrons. The molecule has 4 nitrogen and oxygen atoms in total. The molecule has 3 saturated heterocycles. The van der Waals surface area contributed by atoms with Gasteiger partial charge in [-0.15, -0.1) is 0 Å². The van der Waals surface area contributed by atoms with Crippen LogP contribution in [0.3, 0.4) is 0 Å². The van der Waals surface area contributed by atoms with Gasteiger partial charge < -0.3 is 18.9 Å². The van der Waals surface area contributed by atoms with Crippen LogP contribution in [-0.4, -0.2) is 43.4 Å².